The first-order chi connectivity index (χ1) is 6.29. The molecule has 0 atom stereocenters. The quantitative estimate of drug-likeness (QED) is 0.629. The van der Waals surface area contributed by atoms with Crippen molar-refractivity contribution in [1.29, 1.82) is 0 Å². The maximum absolute atomic E-state index is 5.70. The third-order valence-electron chi connectivity index (χ3n) is 1.69. The van der Waals surface area contributed by atoms with Crippen molar-refractivity contribution < 1.29 is 4.63 Å². The number of benzene rings is 1. The molecule has 1 heterocycles. The molecule has 1 aromatic heterocycles. The number of hydrogen-bond acceptors (Lipinski definition) is 4. The average molecular weight is 179 g/mol. The Morgan fingerprint density at radius 1 is 1.23 bits per heavy atom. The van der Waals surface area contributed by atoms with Crippen LogP contribution in [-0.2, 0) is 0 Å². The zero-order valence-corrected chi connectivity index (χ0v) is 8.03. The predicted molar refractivity (Wildman–Crippen MR) is 52.3 cm³/mol. The van der Waals surface area contributed by atoms with Gasteiger partial charge in [-0.05, 0) is 28.9 Å². The fourth-order valence-electron chi connectivity index (χ4n) is 0.972. The molecule has 0 unspecified atom stereocenters. The van der Waals surface area contributed by atoms with Crippen LogP contribution in [-0.4, -0.2) is 10.3 Å². The van der Waals surface area contributed by atoms with Gasteiger partial charge in [0.2, 0.25) is 0 Å². The number of rotatable bonds is 0. The van der Waals surface area contributed by atoms with E-state index in [1.165, 1.54) is 0 Å². The van der Waals surface area contributed by atoms with E-state index in [4.69, 9.17) is 5.73 Å². The van der Waals surface area contributed by atoms with Gasteiger partial charge in [0.25, 0.3) is 0 Å². The van der Waals surface area contributed by atoms with Gasteiger partial charge in [-0.3, -0.25) is 0 Å². The van der Waals surface area contributed by atoms with Gasteiger partial charge in [-0.15, -0.1) is 0 Å². The molecular weight excluding hydrogens is 166 g/mol. The van der Waals surface area contributed by atoms with Crippen molar-refractivity contribution in [3.8, 4) is 0 Å². The van der Waals surface area contributed by atoms with Crippen LogP contribution in [0.25, 0.3) is 11.0 Å². The highest BCUT2D eigenvalue weighted by molar-refractivity contribution is 5.87. The van der Waals surface area contributed by atoms with Gasteiger partial charge in [0.15, 0.2) is 5.52 Å². The molecular formula is C9H13N3O. The number of hydrogen-bond donors (Lipinski definition) is 1. The van der Waals surface area contributed by atoms with Crippen LogP contribution in [0, 0.1) is 6.92 Å². The number of nitrogen functional groups attached to an aromatic ring is 1. The number of fused-ring (bicyclic) bond motifs is 1. The summed E-state index contributed by atoms with van der Waals surface area (Å²) in [6, 6.07) is 3.72. The second kappa shape index (κ2) is 3.89. The maximum Gasteiger partial charge on any atom is 0.158 e. The van der Waals surface area contributed by atoms with Gasteiger partial charge in [-0.2, -0.15) is 0 Å². The lowest BCUT2D eigenvalue weighted by molar-refractivity contribution is 0.315. The van der Waals surface area contributed by atoms with Crippen LogP contribution in [0.4, 0.5) is 5.69 Å². The fourth-order valence-corrected chi connectivity index (χ4v) is 0.972. The van der Waals surface area contributed by atoms with Crippen molar-refractivity contribution in [3.05, 3.63) is 17.7 Å². The maximum atomic E-state index is 5.70. The van der Waals surface area contributed by atoms with Crippen LogP contribution in [0.3, 0.4) is 0 Å². The number of nitrogens with two attached hydrogens (primary N) is 1. The summed E-state index contributed by atoms with van der Waals surface area (Å²) in [6.07, 6.45) is 0. The SMILES string of the molecule is CC.Cc1ccc2nonc2c1N. The Bertz CT molecular complexity index is 395. The molecule has 13 heavy (non-hydrogen) atoms. The molecule has 2 N–H and O–H groups in total. The smallest absolute Gasteiger partial charge is 0.158 e. The molecule has 0 aliphatic carbocycles. The Hall–Kier alpha value is -1.58. The summed E-state index contributed by atoms with van der Waals surface area (Å²) in [4.78, 5) is 0. The number of anilines is 1. The summed E-state index contributed by atoms with van der Waals surface area (Å²) in [6.45, 7) is 5.92. The molecule has 70 valence electrons. The Labute approximate surface area is 76.7 Å². The van der Waals surface area contributed by atoms with E-state index in [1.54, 1.807) is 0 Å². The van der Waals surface area contributed by atoms with Crippen molar-refractivity contribution in [3.63, 3.8) is 0 Å². The van der Waals surface area contributed by atoms with E-state index in [1.807, 2.05) is 32.9 Å². The Balaban J connectivity index is 0.000000396. The molecule has 1 aromatic carbocycles. The first-order valence-corrected chi connectivity index (χ1v) is 4.26. The lowest BCUT2D eigenvalue weighted by Crippen LogP contribution is -1.90. The monoisotopic (exact) mass is 179 g/mol. The Kier molecular flexibility index (Phi) is 2.84. The van der Waals surface area contributed by atoms with Gasteiger partial charge in [-0.25, -0.2) is 4.63 Å². The van der Waals surface area contributed by atoms with E-state index >= 15 is 0 Å². The minimum atomic E-state index is 0.642. The summed E-state index contributed by atoms with van der Waals surface area (Å²) in [5.41, 5.74) is 8.68. The second-order valence-electron chi connectivity index (χ2n) is 2.43. The van der Waals surface area contributed by atoms with Crippen LogP contribution in [0.2, 0.25) is 0 Å². The van der Waals surface area contributed by atoms with Gasteiger partial charge in [0.1, 0.15) is 5.52 Å². The van der Waals surface area contributed by atoms with E-state index in [0.29, 0.717) is 16.7 Å². The third-order valence-corrected chi connectivity index (χ3v) is 1.69. The van der Waals surface area contributed by atoms with Crippen molar-refractivity contribution in [1.82, 2.24) is 10.3 Å². The molecule has 4 nitrogen and oxygen atoms in total. The summed E-state index contributed by atoms with van der Waals surface area (Å²) in [5.74, 6) is 0. The largest absolute Gasteiger partial charge is 0.397 e. The highest BCUT2D eigenvalue weighted by atomic mass is 16.6. The van der Waals surface area contributed by atoms with Crippen molar-refractivity contribution in [2.75, 3.05) is 5.73 Å². The molecule has 2 rings (SSSR count). The van der Waals surface area contributed by atoms with Crippen LogP contribution in [0.5, 0.6) is 0 Å². The zero-order chi connectivity index (χ0) is 9.84. The van der Waals surface area contributed by atoms with Crippen LogP contribution in [0.1, 0.15) is 19.4 Å². The molecule has 2 aromatic rings. The normalized spacial score (nSPS) is 9.46. The van der Waals surface area contributed by atoms with E-state index < -0.39 is 0 Å². The van der Waals surface area contributed by atoms with Gasteiger partial charge < -0.3 is 5.73 Å². The molecule has 0 fully saturated rings. The second-order valence-corrected chi connectivity index (χ2v) is 2.43. The summed E-state index contributed by atoms with van der Waals surface area (Å²) in [7, 11) is 0. The number of aromatic nitrogens is 2. The van der Waals surface area contributed by atoms with E-state index in [9.17, 15) is 0 Å². The minimum Gasteiger partial charge on any atom is -0.397 e. The molecule has 0 saturated carbocycles. The summed E-state index contributed by atoms with van der Waals surface area (Å²) >= 11 is 0. The first-order valence-electron chi connectivity index (χ1n) is 4.26. The molecule has 0 amide bonds. The number of aryl methyl sites for hydroxylation is 1. The van der Waals surface area contributed by atoms with Gasteiger partial charge >= 0.3 is 0 Å². The molecule has 0 aliphatic heterocycles. The number of nitrogens with zero attached hydrogens (tertiary/aromatic N) is 2. The highest BCUT2D eigenvalue weighted by Gasteiger charge is 2.04. The van der Waals surface area contributed by atoms with Crippen molar-refractivity contribution in [2.45, 2.75) is 20.8 Å². The lowest BCUT2D eigenvalue weighted by atomic mass is 10.2. The molecule has 4 heteroatoms. The standard InChI is InChI=1S/C7H7N3O.C2H6/c1-4-2-3-5-7(6(4)8)10-11-9-5;1-2/h2-3H,8H2,1H3;1-2H3. The minimum absolute atomic E-state index is 0.642. The van der Waals surface area contributed by atoms with Crippen LogP contribution in [0.15, 0.2) is 16.8 Å². The molecule has 0 spiro atoms. The predicted octanol–water partition coefficient (Wildman–Crippen LogP) is 2.14. The van der Waals surface area contributed by atoms with E-state index in [-0.39, 0.29) is 0 Å². The third kappa shape index (κ3) is 1.61. The zero-order valence-electron chi connectivity index (χ0n) is 8.03. The lowest BCUT2D eigenvalue weighted by Gasteiger charge is -1.95. The van der Waals surface area contributed by atoms with Crippen molar-refractivity contribution in [2.24, 2.45) is 0 Å². The van der Waals surface area contributed by atoms with Crippen LogP contribution >= 0.6 is 0 Å². The Morgan fingerprint density at radius 2 is 1.92 bits per heavy atom. The summed E-state index contributed by atoms with van der Waals surface area (Å²) < 4.78 is 4.52. The van der Waals surface area contributed by atoms with E-state index in [0.717, 1.165) is 5.56 Å². The molecule has 0 aliphatic rings. The molecule has 0 bridgehead atoms. The van der Waals surface area contributed by atoms with Gasteiger partial charge in [0, 0.05) is 0 Å². The summed E-state index contributed by atoms with van der Waals surface area (Å²) in [5, 5.41) is 7.32. The van der Waals surface area contributed by atoms with Crippen LogP contribution < -0.4 is 5.73 Å². The Morgan fingerprint density at radius 3 is 2.62 bits per heavy atom. The highest BCUT2D eigenvalue weighted by Crippen LogP contribution is 2.20. The van der Waals surface area contributed by atoms with Gasteiger partial charge in [-0.1, -0.05) is 19.9 Å². The average Bonchev–Trinajstić information content (AvgIpc) is 2.63. The first kappa shape index (κ1) is 9.51. The molecule has 0 radical (unpaired) electrons. The van der Waals surface area contributed by atoms with Gasteiger partial charge in [0.05, 0.1) is 5.69 Å². The van der Waals surface area contributed by atoms with E-state index in [2.05, 4.69) is 14.9 Å². The topological polar surface area (TPSA) is 64.9 Å². The molecule has 0 saturated heterocycles. The fraction of sp³-hybridized carbons (Fsp3) is 0.333. The van der Waals surface area contributed by atoms with Crippen molar-refractivity contribution >= 4 is 16.7 Å².